The third kappa shape index (κ3) is 3.98. The Morgan fingerprint density at radius 3 is 2.59 bits per heavy atom. The third-order valence-electron chi connectivity index (χ3n) is 4.35. The molecule has 122 valence electrons. The Hall–Kier alpha value is -0.690. The van der Waals surface area contributed by atoms with Gasteiger partial charge in [-0.25, -0.2) is 13.8 Å². The topological polar surface area (TPSA) is 42.0 Å². The van der Waals surface area contributed by atoms with E-state index in [1.54, 1.807) is 11.3 Å². The number of thiazole rings is 1. The number of nitrogens with one attached hydrogen (secondary N) is 1. The molecule has 7 heteroatoms. The summed E-state index contributed by atoms with van der Waals surface area (Å²) in [6.07, 6.45) is 3.36. The summed E-state index contributed by atoms with van der Waals surface area (Å²) >= 11 is 3.50. The van der Waals surface area contributed by atoms with Crippen LogP contribution in [0.2, 0.25) is 0 Å². The lowest BCUT2D eigenvalue weighted by molar-refractivity contribution is -0.151. The first kappa shape index (κ1) is 16.2. The Labute approximate surface area is 137 Å². The molecule has 2 saturated carbocycles. The average molecular weight is 346 g/mol. The van der Waals surface area contributed by atoms with Gasteiger partial charge in [-0.05, 0) is 32.6 Å². The average Bonchev–Trinajstić information content (AvgIpc) is 2.83. The van der Waals surface area contributed by atoms with Crippen molar-refractivity contribution < 1.29 is 13.6 Å². The van der Waals surface area contributed by atoms with Crippen LogP contribution in [0.5, 0.6) is 0 Å². The molecule has 1 aromatic heterocycles. The van der Waals surface area contributed by atoms with E-state index in [0.717, 1.165) is 35.7 Å². The second kappa shape index (κ2) is 6.43. The van der Waals surface area contributed by atoms with Crippen molar-refractivity contribution in [3.8, 4) is 0 Å². The van der Waals surface area contributed by atoms with E-state index in [2.05, 4.69) is 15.7 Å². The molecule has 22 heavy (non-hydrogen) atoms. The monoisotopic (exact) mass is 346 g/mol. The van der Waals surface area contributed by atoms with Crippen molar-refractivity contribution in [1.29, 1.82) is 0 Å². The van der Waals surface area contributed by atoms with Gasteiger partial charge in [-0.2, -0.15) is 0 Å². The van der Waals surface area contributed by atoms with Crippen LogP contribution in [-0.2, 0) is 4.79 Å². The van der Waals surface area contributed by atoms with Gasteiger partial charge in [0.1, 0.15) is 4.34 Å². The summed E-state index contributed by atoms with van der Waals surface area (Å²) in [6.45, 7) is 2.00. The number of carbonyl (C=O) groups is 1. The van der Waals surface area contributed by atoms with Crippen LogP contribution in [0.4, 0.5) is 8.78 Å². The first-order valence-electron chi connectivity index (χ1n) is 7.68. The second-order valence-electron chi connectivity index (χ2n) is 6.32. The SMILES string of the molecule is Cc1csc(SC2CCC(NC(=O)C3CC(F)(F)C3)CC2)n1. The largest absolute Gasteiger partial charge is 0.353 e. The van der Waals surface area contributed by atoms with Gasteiger partial charge in [0.25, 0.3) is 0 Å². The molecule has 0 spiro atoms. The Kier molecular flexibility index (Phi) is 4.73. The molecule has 0 aromatic carbocycles. The van der Waals surface area contributed by atoms with E-state index in [0.29, 0.717) is 5.25 Å². The molecular formula is C15H20F2N2OS2. The van der Waals surface area contributed by atoms with Crippen molar-refractivity contribution in [1.82, 2.24) is 10.3 Å². The minimum atomic E-state index is -2.62. The predicted octanol–water partition coefficient (Wildman–Crippen LogP) is 4.02. The lowest BCUT2D eigenvalue weighted by Gasteiger charge is -2.36. The van der Waals surface area contributed by atoms with Crippen molar-refractivity contribution in [3.05, 3.63) is 11.1 Å². The van der Waals surface area contributed by atoms with Crippen molar-refractivity contribution in [3.63, 3.8) is 0 Å². The number of alkyl halides is 2. The third-order valence-corrected chi connectivity index (χ3v) is 6.77. The lowest BCUT2D eigenvalue weighted by atomic mass is 9.80. The van der Waals surface area contributed by atoms with Crippen molar-refractivity contribution in [2.45, 2.75) is 67.0 Å². The highest BCUT2D eigenvalue weighted by Gasteiger charge is 2.48. The summed E-state index contributed by atoms with van der Waals surface area (Å²) in [5.41, 5.74) is 1.06. The quantitative estimate of drug-likeness (QED) is 0.895. The van der Waals surface area contributed by atoms with Crippen molar-refractivity contribution in [2.24, 2.45) is 5.92 Å². The number of aryl methyl sites for hydroxylation is 1. The highest BCUT2D eigenvalue weighted by Crippen LogP contribution is 2.42. The molecule has 3 rings (SSSR count). The van der Waals surface area contributed by atoms with E-state index in [1.165, 1.54) is 0 Å². The minimum absolute atomic E-state index is 0.150. The predicted molar refractivity (Wildman–Crippen MR) is 84.6 cm³/mol. The van der Waals surface area contributed by atoms with Crippen molar-refractivity contribution in [2.75, 3.05) is 0 Å². The molecule has 0 radical (unpaired) electrons. The molecule has 0 bridgehead atoms. The van der Waals surface area contributed by atoms with Crippen LogP contribution in [0, 0.1) is 12.8 Å². The lowest BCUT2D eigenvalue weighted by Crippen LogP contribution is -2.48. The maximum atomic E-state index is 12.8. The normalized spacial score (nSPS) is 28.1. The number of halogens is 2. The number of amides is 1. The molecule has 0 saturated heterocycles. The molecule has 0 aliphatic heterocycles. The number of rotatable bonds is 4. The molecule has 2 aliphatic carbocycles. The van der Waals surface area contributed by atoms with Gasteiger partial charge >= 0.3 is 0 Å². The number of aromatic nitrogens is 1. The smallest absolute Gasteiger partial charge is 0.249 e. The number of thioether (sulfide) groups is 1. The Bertz CT molecular complexity index is 533. The highest BCUT2D eigenvalue weighted by atomic mass is 32.2. The van der Waals surface area contributed by atoms with E-state index >= 15 is 0 Å². The molecule has 1 aromatic rings. The molecule has 2 aliphatic rings. The second-order valence-corrected chi connectivity index (χ2v) is 8.72. The Balaban J connectivity index is 1.39. The fraction of sp³-hybridized carbons (Fsp3) is 0.733. The van der Waals surface area contributed by atoms with Crippen molar-refractivity contribution >= 4 is 29.0 Å². The van der Waals surface area contributed by atoms with Gasteiger partial charge in [-0.3, -0.25) is 4.79 Å². The van der Waals surface area contributed by atoms with Crippen LogP contribution >= 0.6 is 23.1 Å². The van der Waals surface area contributed by atoms with Crippen LogP contribution in [0.15, 0.2) is 9.72 Å². The van der Waals surface area contributed by atoms with Crippen LogP contribution < -0.4 is 5.32 Å². The van der Waals surface area contributed by atoms with Crippen LogP contribution in [0.25, 0.3) is 0 Å². The van der Waals surface area contributed by atoms with Gasteiger partial charge in [-0.1, -0.05) is 11.8 Å². The summed E-state index contributed by atoms with van der Waals surface area (Å²) in [4.78, 5) is 16.4. The van der Waals surface area contributed by atoms with Crippen LogP contribution in [0.3, 0.4) is 0 Å². The Morgan fingerprint density at radius 2 is 2.05 bits per heavy atom. The van der Waals surface area contributed by atoms with E-state index in [1.807, 2.05) is 18.7 Å². The number of hydrogen-bond acceptors (Lipinski definition) is 4. The fourth-order valence-corrected chi connectivity index (χ4v) is 5.31. The van der Waals surface area contributed by atoms with Crippen LogP contribution in [0.1, 0.15) is 44.2 Å². The molecule has 1 heterocycles. The van der Waals surface area contributed by atoms with Crippen LogP contribution in [-0.4, -0.2) is 28.1 Å². The van der Waals surface area contributed by atoms with Gasteiger partial charge in [0, 0.05) is 41.1 Å². The number of hydrogen-bond donors (Lipinski definition) is 1. The highest BCUT2D eigenvalue weighted by molar-refractivity contribution is 8.01. The Morgan fingerprint density at radius 1 is 1.36 bits per heavy atom. The zero-order chi connectivity index (χ0) is 15.7. The van der Waals surface area contributed by atoms with Gasteiger partial charge in [0.05, 0.1) is 0 Å². The van der Waals surface area contributed by atoms with Gasteiger partial charge < -0.3 is 5.32 Å². The zero-order valence-electron chi connectivity index (χ0n) is 12.5. The zero-order valence-corrected chi connectivity index (χ0v) is 14.1. The molecule has 1 N–H and O–H groups in total. The maximum absolute atomic E-state index is 12.8. The molecule has 1 amide bonds. The van der Waals surface area contributed by atoms with Gasteiger partial charge in [0.15, 0.2) is 0 Å². The minimum Gasteiger partial charge on any atom is -0.353 e. The maximum Gasteiger partial charge on any atom is 0.249 e. The first-order valence-corrected chi connectivity index (χ1v) is 9.44. The first-order chi connectivity index (χ1) is 10.4. The van der Waals surface area contributed by atoms with E-state index in [4.69, 9.17) is 0 Å². The molecule has 3 nitrogen and oxygen atoms in total. The molecule has 0 unspecified atom stereocenters. The van der Waals surface area contributed by atoms with Gasteiger partial charge in [0.2, 0.25) is 11.8 Å². The summed E-state index contributed by atoms with van der Waals surface area (Å²) in [6, 6.07) is 0.150. The standard InChI is InChI=1S/C15H20F2N2OS2/c1-9-8-21-14(18-9)22-12-4-2-11(3-5-12)19-13(20)10-6-15(16,17)7-10/h8,10-12H,2-7H2,1H3,(H,19,20). The van der Waals surface area contributed by atoms with E-state index in [9.17, 15) is 13.6 Å². The molecular weight excluding hydrogens is 326 g/mol. The molecule has 2 fully saturated rings. The van der Waals surface area contributed by atoms with Gasteiger partial charge in [-0.15, -0.1) is 11.3 Å². The van der Waals surface area contributed by atoms with E-state index in [-0.39, 0.29) is 24.8 Å². The molecule has 0 atom stereocenters. The summed E-state index contributed by atoms with van der Waals surface area (Å²) in [5, 5.41) is 5.56. The summed E-state index contributed by atoms with van der Waals surface area (Å²) in [7, 11) is 0. The van der Waals surface area contributed by atoms with E-state index < -0.39 is 11.8 Å². The summed E-state index contributed by atoms with van der Waals surface area (Å²) in [5.74, 6) is -3.29. The fourth-order valence-electron chi connectivity index (χ4n) is 3.02. The number of carbonyl (C=O) groups excluding carboxylic acids is 1. The summed E-state index contributed by atoms with van der Waals surface area (Å²) < 4.78 is 26.7. The number of nitrogens with zero attached hydrogens (tertiary/aromatic N) is 1.